The van der Waals surface area contributed by atoms with Crippen LogP contribution >= 0.6 is 0 Å². The lowest BCUT2D eigenvalue weighted by atomic mass is 10.0. The molecule has 0 radical (unpaired) electrons. The van der Waals surface area contributed by atoms with Gasteiger partial charge in [-0.25, -0.2) is 0 Å². The van der Waals surface area contributed by atoms with Crippen LogP contribution in [0.5, 0.6) is 0 Å². The molecule has 0 saturated carbocycles. The minimum Gasteiger partial charge on any atom is -0.455 e. The number of fused-ring (bicyclic) bond motifs is 1. The maximum absolute atomic E-state index is 12.7. The highest BCUT2D eigenvalue weighted by molar-refractivity contribution is 6.22. The number of Topliss-reactive ketones (excluding diaryl/α,β-unsaturated/α-hetero) is 2. The Kier molecular flexibility index (Phi) is 2.60. The van der Waals surface area contributed by atoms with Crippen LogP contribution < -0.4 is 5.43 Å². The van der Waals surface area contributed by atoms with Gasteiger partial charge in [-0.05, 0) is 6.07 Å². The summed E-state index contributed by atoms with van der Waals surface area (Å²) in [5.41, 5.74) is 0.777. The molecule has 0 N–H and O–H groups in total. The van der Waals surface area contributed by atoms with Crippen molar-refractivity contribution >= 4 is 22.5 Å². The number of rotatable bonds is 1. The third-order valence-electron chi connectivity index (χ3n) is 3.86. The van der Waals surface area contributed by atoms with Crippen molar-refractivity contribution in [1.82, 2.24) is 0 Å². The molecule has 0 saturated heterocycles. The first kappa shape index (κ1) is 12.7. The Hall–Kier alpha value is -3.01. The molecule has 4 nitrogen and oxygen atoms in total. The van der Waals surface area contributed by atoms with Gasteiger partial charge in [-0.3, -0.25) is 14.4 Å². The molecule has 1 aliphatic carbocycles. The van der Waals surface area contributed by atoms with Crippen LogP contribution in [0.15, 0.2) is 57.7 Å². The van der Waals surface area contributed by atoms with Gasteiger partial charge in [0.15, 0.2) is 11.6 Å². The van der Waals surface area contributed by atoms with Gasteiger partial charge in [0, 0.05) is 11.1 Å². The highest BCUT2D eigenvalue weighted by Crippen LogP contribution is 2.30. The second-order valence-corrected chi connectivity index (χ2v) is 5.20. The highest BCUT2D eigenvalue weighted by Gasteiger charge is 2.30. The molecule has 106 valence electrons. The molecular formula is C18H10O4. The van der Waals surface area contributed by atoms with Crippen molar-refractivity contribution in [1.29, 1.82) is 0 Å². The highest BCUT2D eigenvalue weighted by atomic mass is 16.3. The Bertz CT molecular complexity index is 997. The molecule has 0 spiro atoms. The van der Waals surface area contributed by atoms with Crippen molar-refractivity contribution in [2.45, 2.75) is 6.42 Å². The topological polar surface area (TPSA) is 64.3 Å². The van der Waals surface area contributed by atoms with Crippen LogP contribution in [0.4, 0.5) is 0 Å². The molecule has 0 amide bonds. The molecule has 1 aliphatic rings. The van der Waals surface area contributed by atoms with Crippen molar-refractivity contribution in [3.8, 4) is 11.3 Å². The average molecular weight is 290 g/mol. The molecule has 0 fully saturated rings. The predicted octanol–water partition coefficient (Wildman–Crippen LogP) is 3.23. The molecule has 0 unspecified atom stereocenters. The summed E-state index contributed by atoms with van der Waals surface area (Å²) >= 11 is 0. The zero-order chi connectivity index (χ0) is 15.3. The minimum atomic E-state index is -0.490. The van der Waals surface area contributed by atoms with E-state index in [0.717, 1.165) is 0 Å². The zero-order valence-corrected chi connectivity index (χ0v) is 11.5. The molecule has 4 heteroatoms. The van der Waals surface area contributed by atoms with Gasteiger partial charge in [0.25, 0.3) is 0 Å². The van der Waals surface area contributed by atoms with Gasteiger partial charge in [-0.15, -0.1) is 0 Å². The van der Waals surface area contributed by atoms with E-state index >= 15 is 0 Å². The van der Waals surface area contributed by atoms with E-state index in [4.69, 9.17) is 4.42 Å². The van der Waals surface area contributed by atoms with E-state index in [2.05, 4.69) is 0 Å². The smallest absolute Gasteiger partial charge is 0.204 e. The second kappa shape index (κ2) is 4.49. The van der Waals surface area contributed by atoms with Crippen molar-refractivity contribution in [3.63, 3.8) is 0 Å². The maximum Gasteiger partial charge on any atom is 0.204 e. The second-order valence-electron chi connectivity index (χ2n) is 5.20. The molecular weight excluding hydrogens is 280 g/mol. The Morgan fingerprint density at radius 2 is 1.59 bits per heavy atom. The van der Waals surface area contributed by atoms with E-state index in [1.165, 1.54) is 0 Å². The van der Waals surface area contributed by atoms with Gasteiger partial charge >= 0.3 is 0 Å². The summed E-state index contributed by atoms with van der Waals surface area (Å²) < 4.78 is 5.82. The fraction of sp³-hybridized carbons (Fsp3) is 0.0556. The third kappa shape index (κ3) is 1.67. The SMILES string of the molecule is O=C1CC(=O)c2cccc3oc(-c4ccccc4)c1c(=O)c23. The summed E-state index contributed by atoms with van der Waals surface area (Å²) in [6.07, 6.45) is -0.308. The minimum absolute atomic E-state index is 0.0306. The number of ketones is 2. The number of carbonyl (C=O) groups is 2. The summed E-state index contributed by atoms with van der Waals surface area (Å²) in [5.74, 6) is -0.603. The third-order valence-corrected chi connectivity index (χ3v) is 3.86. The van der Waals surface area contributed by atoms with Crippen molar-refractivity contribution in [3.05, 3.63) is 69.9 Å². The molecule has 0 atom stereocenters. The molecule has 1 heterocycles. The summed E-state index contributed by atoms with van der Waals surface area (Å²) in [6.45, 7) is 0. The van der Waals surface area contributed by atoms with Crippen LogP contribution in [0.1, 0.15) is 27.1 Å². The number of carbonyl (C=O) groups excluding carboxylic acids is 2. The first-order chi connectivity index (χ1) is 10.7. The van der Waals surface area contributed by atoms with Crippen molar-refractivity contribution in [2.75, 3.05) is 0 Å². The quantitative estimate of drug-likeness (QED) is 0.645. The number of hydrogen-bond donors (Lipinski definition) is 0. The van der Waals surface area contributed by atoms with Crippen LogP contribution in [0.25, 0.3) is 22.3 Å². The first-order valence-corrected chi connectivity index (χ1v) is 6.88. The van der Waals surface area contributed by atoms with Gasteiger partial charge in [0.1, 0.15) is 16.9 Å². The van der Waals surface area contributed by atoms with Gasteiger partial charge < -0.3 is 4.42 Å². The Morgan fingerprint density at radius 1 is 0.818 bits per heavy atom. The normalized spacial score (nSPS) is 13.6. The molecule has 3 aromatic rings. The van der Waals surface area contributed by atoms with E-state index in [9.17, 15) is 14.4 Å². The van der Waals surface area contributed by atoms with Crippen LogP contribution in [0.2, 0.25) is 0 Å². The lowest BCUT2D eigenvalue weighted by molar-refractivity contribution is 0.0896. The molecule has 2 bridgehead atoms. The average Bonchev–Trinajstić information content (AvgIpc) is 2.61. The standard InChI is InChI=1S/C18H10O4/c19-12-9-13(20)16-17(21)15-11(12)7-4-8-14(15)22-18(16)10-5-2-1-3-6-10/h1-8H,9H2. The number of hydrogen-bond acceptors (Lipinski definition) is 4. The molecule has 1 aromatic heterocycles. The molecule has 0 aliphatic heterocycles. The summed E-state index contributed by atoms with van der Waals surface area (Å²) in [5, 5.41) is 0.202. The zero-order valence-electron chi connectivity index (χ0n) is 11.5. The lowest BCUT2D eigenvalue weighted by Crippen LogP contribution is -2.15. The largest absolute Gasteiger partial charge is 0.455 e. The predicted molar refractivity (Wildman–Crippen MR) is 81.2 cm³/mol. The Labute approximate surface area is 125 Å². The monoisotopic (exact) mass is 290 g/mol. The summed E-state index contributed by atoms with van der Waals surface area (Å²) in [7, 11) is 0. The Balaban J connectivity index is 2.20. The van der Waals surface area contributed by atoms with E-state index < -0.39 is 11.2 Å². The summed E-state index contributed by atoms with van der Waals surface area (Å²) in [6, 6.07) is 13.8. The van der Waals surface area contributed by atoms with Crippen LogP contribution in [0.3, 0.4) is 0 Å². The van der Waals surface area contributed by atoms with Gasteiger partial charge in [0.05, 0.1) is 11.8 Å². The Morgan fingerprint density at radius 3 is 2.36 bits per heavy atom. The first-order valence-electron chi connectivity index (χ1n) is 6.88. The fourth-order valence-electron chi connectivity index (χ4n) is 2.85. The van der Waals surface area contributed by atoms with Gasteiger partial charge in [-0.2, -0.15) is 0 Å². The van der Waals surface area contributed by atoms with Crippen molar-refractivity contribution < 1.29 is 14.0 Å². The van der Waals surface area contributed by atoms with Crippen molar-refractivity contribution in [2.24, 2.45) is 0 Å². The van der Waals surface area contributed by atoms with E-state index in [-0.39, 0.29) is 34.5 Å². The summed E-state index contributed by atoms with van der Waals surface area (Å²) in [4.78, 5) is 37.3. The van der Waals surface area contributed by atoms with E-state index in [1.807, 2.05) is 6.07 Å². The fourth-order valence-corrected chi connectivity index (χ4v) is 2.85. The van der Waals surface area contributed by atoms with Gasteiger partial charge in [0.2, 0.25) is 5.43 Å². The van der Waals surface area contributed by atoms with E-state index in [1.54, 1.807) is 42.5 Å². The van der Waals surface area contributed by atoms with Crippen LogP contribution in [-0.4, -0.2) is 11.6 Å². The van der Waals surface area contributed by atoms with Crippen LogP contribution in [-0.2, 0) is 0 Å². The van der Waals surface area contributed by atoms with Crippen LogP contribution in [0, 0.1) is 0 Å². The molecule has 22 heavy (non-hydrogen) atoms. The lowest BCUT2D eigenvalue weighted by Gasteiger charge is -2.07. The maximum atomic E-state index is 12.7. The van der Waals surface area contributed by atoms with E-state index in [0.29, 0.717) is 11.1 Å². The van der Waals surface area contributed by atoms with Gasteiger partial charge in [-0.1, -0.05) is 42.5 Å². The molecule has 4 rings (SSSR count). The number of benzene rings is 2. The molecule has 2 aromatic carbocycles.